The Hall–Kier alpha value is -3.47. The van der Waals surface area contributed by atoms with Gasteiger partial charge in [0.15, 0.2) is 11.3 Å². The number of nitrogens with zero attached hydrogens (tertiary/aromatic N) is 3. The lowest BCUT2D eigenvalue weighted by Gasteiger charge is -2.08. The second-order valence-corrected chi connectivity index (χ2v) is 6.45. The molecule has 0 unspecified atom stereocenters. The number of carbonyl (C=O) groups excluding carboxylic acids is 1. The van der Waals surface area contributed by atoms with E-state index in [9.17, 15) is 4.79 Å². The number of hydrogen-bond acceptors (Lipinski definition) is 4. The molecular formula is C22H19N3O2. The van der Waals surface area contributed by atoms with Gasteiger partial charge >= 0.3 is 5.97 Å². The lowest BCUT2D eigenvalue weighted by Crippen LogP contribution is -2.10. The number of esters is 1. The molecule has 5 nitrogen and oxygen atoms in total. The average molecular weight is 357 g/mol. The molecule has 0 aliphatic carbocycles. The highest BCUT2D eigenvalue weighted by atomic mass is 16.5. The van der Waals surface area contributed by atoms with Crippen molar-refractivity contribution in [3.8, 4) is 22.4 Å². The van der Waals surface area contributed by atoms with Crippen molar-refractivity contribution in [1.82, 2.24) is 14.6 Å². The van der Waals surface area contributed by atoms with Gasteiger partial charge < -0.3 is 4.74 Å². The van der Waals surface area contributed by atoms with E-state index >= 15 is 0 Å². The number of benzene rings is 2. The van der Waals surface area contributed by atoms with E-state index in [2.05, 4.69) is 5.10 Å². The summed E-state index contributed by atoms with van der Waals surface area (Å²) in [5.41, 5.74) is 6.52. The van der Waals surface area contributed by atoms with E-state index in [-0.39, 0.29) is 0 Å². The van der Waals surface area contributed by atoms with Gasteiger partial charge in [-0.1, -0.05) is 60.2 Å². The summed E-state index contributed by atoms with van der Waals surface area (Å²) in [6, 6.07) is 19.7. The summed E-state index contributed by atoms with van der Waals surface area (Å²) in [4.78, 5) is 17.3. The van der Waals surface area contributed by atoms with Crippen LogP contribution in [0.15, 0.2) is 60.7 Å². The van der Waals surface area contributed by atoms with Crippen LogP contribution >= 0.6 is 0 Å². The fourth-order valence-corrected chi connectivity index (χ4v) is 3.19. The minimum Gasteiger partial charge on any atom is -0.464 e. The van der Waals surface area contributed by atoms with Gasteiger partial charge in [-0.2, -0.15) is 5.10 Å². The third kappa shape index (κ3) is 2.97. The Morgan fingerprint density at radius 1 is 0.963 bits per heavy atom. The Balaban J connectivity index is 2.04. The standard InChI is InChI=1S/C22H19N3O2/c1-14-9-11-16(12-10-14)18-13-19(22(26)27-3)25-21(23-18)20(15(2)24-25)17-7-5-4-6-8-17/h4-13H,1-3H3. The first-order chi connectivity index (χ1) is 13.1. The zero-order chi connectivity index (χ0) is 19.0. The van der Waals surface area contributed by atoms with E-state index in [4.69, 9.17) is 9.72 Å². The minimum atomic E-state index is -0.446. The Kier molecular flexibility index (Phi) is 4.20. The quantitative estimate of drug-likeness (QED) is 0.508. The van der Waals surface area contributed by atoms with Crippen molar-refractivity contribution in [3.63, 3.8) is 0 Å². The fourth-order valence-electron chi connectivity index (χ4n) is 3.19. The van der Waals surface area contributed by atoms with Crippen molar-refractivity contribution in [2.24, 2.45) is 0 Å². The molecule has 4 aromatic rings. The lowest BCUT2D eigenvalue weighted by atomic mass is 10.1. The van der Waals surface area contributed by atoms with Crippen LogP contribution in [-0.2, 0) is 4.74 Å². The number of methoxy groups -OCH3 is 1. The molecule has 0 radical (unpaired) electrons. The molecule has 5 heteroatoms. The summed E-state index contributed by atoms with van der Waals surface area (Å²) < 4.78 is 6.55. The summed E-state index contributed by atoms with van der Waals surface area (Å²) in [6.45, 7) is 3.96. The van der Waals surface area contributed by atoms with Gasteiger partial charge in [0.25, 0.3) is 0 Å². The predicted octanol–water partition coefficient (Wildman–Crippen LogP) is 4.47. The van der Waals surface area contributed by atoms with E-state index in [1.807, 2.05) is 68.4 Å². The number of aromatic nitrogens is 3. The van der Waals surface area contributed by atoms with E-state index in [0.717, 1.165) is 27.9 Å². The van der Waals surface area contributed by atoms with Gasteiger partial charge in [0.2, 0.25) is 0 Å². The lowest BCUT2D eigenvalue weighted by molar-refractivity contribution is 0.0590. The molecule has 0 N–H and O–H groups in total. The topological polar surface area (TPSA) is 56.5 Å². The van der Waals surface area contributed by atoms with Crippen LogP contribution in [0.4, 0.5) is 0 Å². The Bertz CT molecular complexity index is 1130. The number of hydrogen-bond donors (Lipinski definition) is 0. The number of aryl methyl sites for hydroxylation is 2. The van der Waals surface area contributed by atoms with Gasteiger partial charge in [0.05, 0.1) is 18.5 Å². The molecule has 0 atom stereocenters. The van der Waals surface area contributed by atoms with Crippen LogP contribution in [0.3, 0.4) is 0 Å². The molecule has 2 heterocycles. The molecule has 134 valence electrons. The molecule has 4 rings (SSSR count). The zero-order valence-electron chi connectivity index (χ0n) is 15.4. The maximum Gasteiger partial charge on any atom is 0.356 e. The highest BCUT2D eigenvalue weighted by Gasteiger charge is 2.21. The maximum atomic E-state index is 12.4. The predicted molar refractivity (Wildman–Crippen MR) is 105 cm³/mol. The summed E-state index contributed by atoms with van der Waals surface area (Å²) in [5, 5.41) is 4.56. The second kappa shape index (κ2) is 6.68. The Morgan fingerprint density at radius 3 is 2.33 bits per heavy atom. The van der Waals surface area contributed by atoms with Crippen molar-refractivity contribution < 1.29 is 9.53 Å². The van der Waals surface area contributed by atoms with Crippen molar-refractivity contribution >= 4 is 11.6 Å². The second-order valence-electron chi connectivity index (χ2n) is 6.45. The fraction of sp³-hybridized carbons (Fsp3) is 0.136. The van der Waals surface area contributed by atoms with Crippen LogP contribution in [0.25, 0.3) is 28.0 Å². The summed E-state index contributed by atoms with van der Waals surface area (Å²) in [5.74, 6) is -0.446. The molecule has 0 aliphatic heterocycles. The van der Waals surface area contributed by atoms with Gasteiger partial charge in [-0.05, 0) is 25.5 Å². The van der Waals surface area contributed by atoms with E-state index in [0.29, 0.717) is 17.0 Å². The molecule has 0 fully saturated rings. The molecule has 2 aromatic heterocycles. The number of rotatable bonds is 3. The third-order valence-electron chi connectivity index (χ3n) is 4.57. The van der Waals surface area contributed by atoms with Crippen molar-refractivity contribution in [2.45, 2.75) is 13.8 Å². The molecule has 0 bridgehead atoms. The van der Waals surface area contributed by atoms with Crippen molar-refractivity contribution in [2.75, 3.05) is 7.11 Å². The van der Waals surface area contributed by atoms with Gasteiger partial charge in [0.1, 0.15) is 0 Å². The van der Waals surface area contributed by atoms with E-state index in [1.165, 1.54) is 7.11 Å². The number of carbonyl (C=O) groups is 1. The van der Waals surface area contributed by atoms with Crippen molar-refractivity contribution in [3.05, 3.63) is 77.6 Å². The van der Waals surface area contributed by atoms with Crippen LogP contribution < -0.4 is 0 Å². The number of fused-ring (bicyclic) bond motifs is 1. The zero-order valence-corrected chi connectivity index (χ0v) is 15.4. The van der Waals surface area contributed by atoms with Gasteiger partial charge in [-0.15, -0.1) is 0 Å². The molecule has 0 saturated heterocycles. The van der Waals surface area contributed by atoms with Crippen LogP contribution in [-0.4, -0.2) is 27.7 Å². The van der Waals surface area contributed by atoms with Crippen LogP contribution in [0.5, 0.6) is 0 Å². The number of ether oxygens (including phenoxy) is 1. The monoisotopic (exact) mass is 357 g/mol. The van der Waals surface area contributed by atoms with Crippen LogP contribution in [0.1, 0.15) is 21.7 Å². The average Bonchev–Trinajstić information content (AvgIpc) is 3.03. The normalized spacial score (nSPS) is 10.9. The molecular weight excluding hydrogens is 338 g/mol. The van der Waals surface area contributed by atoms with E-state index < -0.39 is 5.97 Å². The summed E-state index contributed by atoms with van der Waals surface area (Å²) >= 11 is 0. The van der Waals surface area contributed by atoms with Gasteiger partial charge in [-0.25, -0.2) is 14.3 Å². The first-order valence-electron chi connectivity index (χ1n) is 8.69. The first-order valence-corrected chi connectivity index (χ1v) is 8.69. The smallest absolute Gasteiger partial charge is 0.356 e. The molecule has 2 aromatic carbocycles. The largest absolute Gasteiger partial charge is 0.464 e. The molecule has 27 heavy (non-hydrogen) atoms. The Labute approximate surface area is 157 Å². The Morgan fingerprint density at radius 2 is 1.67 bits per heavy atom. The summed E-state index contributed by atoms with van der Waals surface area (Å²) in [6.07, 6.45) is 0. The van der Waals surface area contributed by atoms with Gasteiger partial charge in [0, 0.05) is 11.1 Å². The molecule has 0 saturated carbocycles. The molecule has 0 amide bonds. The summed E-state index contributed by atoms with van der Waals surface area (Å²) in [7, 11) is 1.37. The molecule has 0 aliphatic rings. The van der Waals surface area contributed by atoms with Crippen LogP contribution in [0.2, 0.25) is 0 Å². The highest BCUT2D eigenvalue weighted by Crippen LogP contribution is 2.30. The first kappa shape index (κ1) is 17.0. The van der Waals surface area contributed by atoms with Gasteiger partial charge in [-0.3, -0.25) is 0 Å². The SMILES string of the molecule is COC(=O)c1cc(-c2ccc(C)cc2)nc2c(-c3ccccc3)c(C)nn12. The van der Waals surface area contributed by atoms with Crippen molar-refractivity contribution in [1.29, 1.82) is 0 Å². The minimum absolute atomic E-state index is 0.350. The maximum absolute atomic E-state index is 12.4. The van der Waals surface area contributed by atoms with E-state index in [1.54, 1.807) is 10.6 Å². The van der Waals surface area contributed by atoms with Crippen LogP contribution in [0, 0.1) is 13.8 Å². The molecule has 0 spiro atoms. The third-order valence-corrected chi connectivity index (χ3v) is 4.57. The highest BCUT2D eigenvalue weighted by molar-refractivity contribution is 5.91.